The SMILES string of the molecule is C[C@H](NCCc1ccc(OCC(=O)O)c([N+](=O)[O-])c1)[C@@H](O)c1ccc(O)cc1. The number of carboxylic acids is 1. The number of hydrogen-bond donors (Lipinski definition) is 4. The first kappa shape index (κ1) is 21.1. The number of benzene rings is 2. The predicted molar refractivity (Wildman–Crippen MR) is 100 cm³/mol. The number of carbonyl (C=O) groups is 1. The summed E-state index contributed by atoms with van der Waals surface area (Å²) in [6.45, 7) is 1.61. The highest BCUT2D eigenvalue weighted by atomic mass is 16.6. The average Bonchev–Trinajstić information content (AvgIpc) is 2.66. The molecule has 0 bridgehead atoms. The van der Waals surface area contributed by atoms with Crippen LogP contribution in [0.25, 0.3) is 0 Å². The second-order valence-electron chi connectivity index (χ2n) is 6.27. The summed E-state index contributed by atoms with van der Waals surface area (Å²) in [7, 11) is 0. The molecule has 9 nitrogen and oxygen atoms in total. The Labute approximate surface area is 161 Å². The molecule has 2 aromatic rings. The average molecular weight is 390 g/mol. The van der Waals surface area contributed by atoms with Crippen molar-refractivity contribution in [1.29, 1.82) is 0 Å². The van der Waals surface area contributed by atoms with Crippen molar-refractivity contribution in [1.82, 2.24) is 5.32 Å². The van der Waals surface area contributed by atoms with Crippen LogP contribution in [0.5, 0.6) is 11.5 Å². The highest BCUT2D eigenvalue weighted by Gasteiger charge is 2.18. The lowest BCUT2D eigenvalue weighted by Crippen LogP contribution is -2.33. The lowest BCUT2D eigenvalue weighted by Gasteiger charge is -2.20. The summed E-state index contributed by atoms with van der Waals surface area (Å²) < 4.78 is 4.94. The fourth-order valence-corrected chi connectivity index (χ4v) is 2.64. The Hall–Kier alpha value is -3.17. The summed E-state index contributed by atoms with van der Waals surface area (Å²) in [6.07, 6.45) is -0.311. The van der Waals surface area contributed by atoms with Crippen LogP contribution in [0, 0.1) is 10.1 Å². The second-order valence-corrected chi connectivity index (χ2v) is 6.27. The molecule has 2 atom stereocenters. The second kappa shape index (κ2) is 9.67. The highest BCUT2D eigenvalue weighted by molar-refractivity contribution is 5.68. The normalized spacial score (nSPS) is 12.9. The molecule has 0 aromatic heterocycles. The van der Waals surface area contributed by atoms with Gasteiger partial charge < -0.3 is 25.4 Å². The molecule has 0 spiro atoms. The fourth-order valence-electron chi connectivity index (χ4n) is 2.64. The minimum absolute atomic E-state index is 0.0970. The van der Waals surface area contributed by atoms with E-state index in [1.165, 1.54) is 24.3 Å². The van der Waals surface area contributed by atoms with E-state index in [1.807, 2.05) is 6.92 Å². The summed E-state index contributed by atoms with van der Waals surface area (Å²) in [5.74, 6) is -1.20. The maximum atomic E-state index is 11.2. The molecule has 9 heteroatoms. The van der Waals surface area contributed by atoms with Crippen molar-refractivity contribution in [3.63, 3.8) is 0 Å². The quantitative estimate of drug-likeness (QED) is 0.356. The molecule has 0 aliphatic carbocycles. The smallest absolute Gasteiger partial charge is 0.341 e. The Balaban J connectivity index is 1.94. The number of aliphatic carboxylic acids is 1. The first-order chi connectivity index (χ1) is 13.3. The first-order valence-corrected chi connectivity index (χ1v) is 8.60. The number of hydrogen-bond acceptors (Lipinski definition) is 7. The van der Waals surface area contributed by atoms with E-state index in [0.29, 0.717) is 24.1 Å². The first-order valence-electron chi connectivity index (χ1n) is 8.60. The minimum atomic E-state index is -1.22. The Morgan fingerprint density at radius 1 is 1.25 bits per heavy atom. The Bertz CT molecular complexity index is 824. The zero-order chi connectivity index (χ0) is 20.7. The maximum absolute atomic E-state index is 11.2. The summed E-state index contributed by atoms with van der Waals surface area (Å²) in [6, 6.07) is 10.3. The van der Waals surface area contributed by atoms with Gasteiger partial charge in [0, 0.05) is 12.1 Å². The van der Waals surface area contributed by atoms with Gasteiger partial charge >= 0.3 is 11.7 Å². The molecule has 0 saturated carbocycles. The van der Waals surface area contributed by atoms with Crippen molar-refractivity contribution in [2.75, 3.05) is 13.2 Å². The van der Waals surface area contributed by atoms with Gasteiger partial charge in [-0.25, -0.2) is 4.79 Å². The van der Waals surface area contributed by atoms with Crippen LogP contribution >= 0.6 is 0 Å². The monoisotopic (exact) mass is 390 g/mol. The number of aliphatic hydroxyl groups excluding tert-OH is 1. The predicted octanol–water partition coefficient (Wildman–Crippen LogP) is 2.02. The molecule has 2 rings (SSSR count). The number of nitrogens with one attached hydrogen (secondary N) is 1. The number of carboxylic acid groups (broad SMARTS) is 1. The molecule has 2 aromatic carbocycles. The number of phenols is 1. The molecule has 0 aliphatic heterocycles. The molecule has 0 saturated heterocycles. The third-order valence-electron chi connectivity index (χ3n) is 4.16. The number of nitrogens with zero attached hydrogens (tertiary/aromatic N) is 1. The van der Waals surface area contributed by atoms with E-state index in [4.69, 9.17) is 9.84 Å². The number of rotatable bonds is 10. The number of nitro groups is 1. The van der Waals surface area contributed by atoms with E-state index in [0.717, 1.165) is 0 Å². The Morgan fingerprint density at radius 3 is 2.54 bits per heavy atom. The van der Waals surface area contributed by atoms with Crippen LogP contribution in [0.15, 0.2) is 42.5 Å². The Kier molecular flexibility index (Phi) is 7.30. The standard InChI is InChI=1S/C19H22N2O7/c1-12(19(25)14-3-5-15(22)6-4-14)20-9-8-13-2-7-17(28-11-18(23)24)16(10-13)21(26)27/h2-7,10,12,19-20,22,25H,8-9,11H2,1H3,(H,23,24)/t12-,19+/m0/s1. The third kappa shape index (κ3) is 5.93. The molecule has 0 radical (unpaired) electrons. The Morgan fingerprint density at radius 2 is 1.93 bits per heavy atom. The van der Waals surface area contributed by atoms with Gasteiger partial charge in [0.05, 0.1) is 11.0 Å². The van der Waals surface area contributed by atoms with Gasteiger partial charge in [0.1, 0.15) is 5.75 Å². The number of ether oxygens (including phenoxy) is 1. The summed E-state index contributed by atoms with van der Waals surface area (Å²) in [4.78, 5) is 21.1. The van der Waals surface area contributed by atoms with E-state index in [9.17, 15) is 25.1 Å². The topological polar surface area (TPSA) is 142 Å². The lowest BCUT2D eigenvalue weighted by molar-refractivity contribution is -0.385. The van der Waals surface area contributed by atoms with E-state index in [2.05, 4.69) is 5.32 Å². The molecular weight excluding hydrogens is 368 g/mol. The van der Waals surface area contributed by atoms with Crippen LogP contribution in [-0.4, -0.2) is 45.4 Å². The largest absolute Gasteiger partial charge is 0.508 e. The van der Waals surface area contributed by atoms with Gasteiger partial charge in [-0.2, -0.15) is 0 Å². The van der Waals surface area contributed by atoms with Crippen molar-refractivity contribution in [3.05, 3.63) is 63.7 Å². The van der Waals surface area contributed by atoms with Crippen LogP contribution in [0.4, 0.5) is 5.69 Å². The van der Waals surface area contributed by atoms with Crippen LogP contribution in [0.2, 0.25) is 0 Å². The fraction of sp³-hybridized carbons (Fsp3) is 0.316. The molecular formula is C19H22N2O7. The van der Waals surface area contributed by atoms with Gasteiger partial charge in [-0.1, -0.05) is 18.2 Å². The minimum Gasteiger partial charge on any atom is -0.508 e. The van der Waals surface area contributed by atoms with Crippen molar-refractivity contribution < 1.29 is 29.8 Å². The van der Waals surface area contributed by atoms with E-state index in [-0.39, 0.29) is 23.2 Å². The van der Waals surface area contributed by atoms with Gasteiger partial charge in [0.25, 0.3) is 0 Å². The van der Waals surface area contributed by atoms with Gasteiger partial charge in [-0.3, -0.25) is 10.1 Å². The molecule has 0 fully saturated rings. The summed E-state index contributed by atoms with van der Waals surface area (Å²) in [5.41, 5.74) is 1.04. The maximum Gasteiger partial charge on any atom is 0.341 e. The van der Waals surface area contributed by atoms with E-state index in [1.54, 1.807) is 18.2 Å². The summed E-state index contributed by atoms with van der Waals surface area (Å²) in [5, 5.41) is 42.6. The molecule has 0 aliphatic rings. The number of aromatic hydroxyl groups is 1. The molecule has 150 valence electrons. The van der Waals surface area contributed by atoms with Crippen molar-refractivity contribution >= 4 is 11.7 Å². The number of nitro benzene ring substituents is 1. The molecule has 0 heterocycles. The summed E-state index contributed by atoms with van der Waals surface area (Å²) >= 11 is 0. The lowest BCUT2D eigenvalue weighted by atomic mass is 10.0. The highest BCUT2D eigenvalue weighted by Crippen LogP contribution is 2.28. The molecule has 0 amide bonds. The van der Waals surface area contributed by atoms with Gasteiger partial charge in [0.15, 0.2) is 12.4 Å². The van der Waals surface area contributed by atoms with Gasteiger partial charge in [0.2, 0.25) is 0 Å². The van der Waals surface area contributed by atoms with Crippen LogP contribution in [0.1, 0.15) is 24.2 Å². The van der Waals surface area contributed by atoms with Crippen LogP contribution < -0.4 is 10.1 Å². The van der Waals surface area contributed by atoms with Crippen molar-refractivity contribution in [2.24, 2.45) is 0 Å². The third-order valence-corrected chi connectivity index (χ3v) is 4.16. The zero-order valence-electron chi connectivity index (χ0n) is 15.2. The van der Waals surface area contributed by atoms with Crippen molar-refractivity contribution in [3.8, 4) is 11.5 Å². The van der Waals surface area contributed by atoms with Gasteiger partial charge in [-0.05, 0) is 49.2 Å². The van der Waals surface area contributed by atoms with Crippen LogP contribution in [-0.2, 0) is 11.2 Å². The number of phenolic OH excluding ortho intramolecular Hbond substituents is 1. The van der Waals surface area contributed by atoms with E-state index < -0.39 is 23.6 Å². The molecule has 28 heavy (non-hydrogen) atoms. The van der Waals surface area contributed by atoms with Gasteiger partial charge in [-0.15, -0.1) is 0 Å². The number of aliphatic hydroxyl groups is 1. The zero-order valence-corrected chi connectivity index (χ0v) is 15.2. The molecule has 0 unspecified atom stereocenters. The van der Waals surface area contributed by atoms with Crippen molar-refractivity contribution in [2.45, 2.75) is 25.5 Å². The van der Waals surface area contributed by atoms with Crippen LogP contribution in [0.3, 0.4) is 0 Å². The molecule has 4 N–H and O–H groups in total. The van der Waals surface area contributed by atoms with E-state index >= 15 is 0 Å².